The largest absolute Gasteiger partial charge is 0.416 e. The Kier molecular flexibility index (Phi) is 7.28. The molecule has 10 heteroatoms. The maximum absolute atomic E-state index is 14.3. The van der Waals surface area contributed by atoms with Gasteiger partial charge in [0.15, 0.2) is 0 Å². The van der Waals surface area contributed by atoms with Gasteiger partial charge in [-0.05, 0) is 61.9 Å². The number of alkyl halides is 3. The molecule has 34 heavy (non-hydrogen) atoms. The Bertz CT molecular complexity index is 1020. The molecule has 0 saturated carbocycles. The number of likely N-dealkylation sites (tertiary alicyclic amines) is 1. The average molecular weight is 483 g/mol. The van der Waals surface area contributed by atoms with E-state index in [2.05, 4.69) is 10.4 Å². The third kappa shape index (κ3) is 5.78. The number of amides is 1. The van der Waals surface area contributed by atoms with Crippen molar-refractivity contribution in [1.82, 2.24) is 20.0 Å². The topological polar surface area (TPSA) is 70.4 Å². The molecule has 6 nitrogen and oxygen atoms in total. The molecule has 2 unspecified atom stereocenters. The van der Waals surface area contributed by atoms with Crippen LogP contribution in [0.3, 0.4) is 0 Å². The van der Waals surface area contributed by atoms with Crippen molar-refractivity contribution in [2.24, 2.45) is 13.0 Å². The molecular formula is C24H30F4N4O2. The molecule has 0 spiro atoms. The maximum atomic E-state index is 14.3. The van der Waals surface area contributed by atoms with Crippen molar-refractivity contribution in [3.05, 3.63) is 52.6 Å². The predicted octanol–water partition coefficient (Wildman–Crippen LogP) is 3.04. The van der Waals surface area contributed by atoms with Crippen molar-refractivity contribution >= 4 is 5.91 Å². The summed E-state index contributed by atoms with van der Waals surface area (Å²) >= 11 is 0. The van der Waals surface area contributed by atoms with Crippen LogP contribution in [0, 0.1) is 11.7 Å². The van der Waals surface area contributed by atoms with Crippen LogP contribution in [-0.4, -0.2) is 58.0 Å². The minimum absolute atomic E-state index is 0.0132. The quantitative estimate of drug-likeness (QED) is 0.596. The van der Waals surface area contributed by atoms with Gasteiger partial charge in [0.25, 0.3) is 0 Å². The molecular weight excluding hydrogens is 452 g/mol. The highest BCUT2D eigenvalue weighted by atomic mass is 19.4. The highest BCUT2D eigenvalue weighted by Crippen LogP contribution is 2.34. The molecule has 1 aromatic carbocycles. The van der Waals surface area contributed by atoms with E-state index >= 15 is 0 Å². The molecule has 186 valence electrons. The first-order chi connectivity index (χ1) is 16.1. The van der Waals surface area contributed by atoms with Crippen LogP contribution < -0.4 is 5.32 Å². The zero-order chi connectivity index (χ0) is 24.5. The van der Waals surface area contributed by atoms with Gasteiger partial charge >= 0.3 is 6.18 Å². The fourth-order valence-electron chi connectivity index (χ4n) is 5.05. The van der Waals surface area contributed by atoms with E-state index in [1.165, 1.54) is 6.07 Å². The van der Waals surface area contributed by atoms with E-state index in [-0.39, 0.29) is 23.3 Å². The van der Waals surface area contributed by atoms with Gasteiger partial charge in [-0.15, -0.1) is 0 Å². The van der Waals surface area contributed by atoms with Gasteiger partial charge in [-0.2, -0.15) is 18.3 Å². The number of nitrogens with zero attached hydrogens (tertiary/aromatic N) is 3. The van der Waals surface area contributed by atoms with Crippen LogP contribution in [0.25, 0.3) is 0 Å². The lowest BCUT2D eigenvalue weighted by Gasteiger charge is -2.22. The van der Waals surface area contributed by atoms with Gasteiger partial charge in [0.2, 0.25) is 5.91 Å². The Morgan fingerprint density at radius 3 is 2.85 bits per heavy atom. The number of aliphatic hydroxyl groups excluding tert-OH is 1. The standard InChI is InChI=1S/C24H30F4N4O2/c1-31-12-17-10-15(2-5-22(17)30-31)23(34)29-8-6-19(33)14-32-9-7-16(13-32)20-4-3-18(11-21(20)25)24(26,27)28/h3-4,11-12,15-16,19,33H,2,5-10,13-14H2,1H3,(H,29,34)/t15?,16?,19-/m1/s1. The van der Waals surface area contributed by atoms with E-state index in [4.69, 9.17) is 0 Å². The highest BCUT2D eigenvalue weighted by molar-refractivity contribution is 5.79. The van der Waals surface area contributed by atoms with Gasteiger partial charge in [0.1, 0.15) is 5.82 Å². The molecule has 1 saturated heterocycles. The number of nitrogens with one attached hydrogen (secondary N) is 1. The summed E-state index contributed by atoms with van der Waals surface area (Å²) in [6, 6.07) is 2.69. The first-order valence-electron chi connectivity index (χ1n) is 11.7. The van der Waals surface area contributed by atoms with Crippen molar-refractivity contribution in [1.29, 1.82) is 0 Å². The highest BCUT2D eigenvalue weighted by Gasteiger charge is 2.33. The second kappa shape index (κ2) is 10.0. The molecule has 1 amide bonds. The zero-order valence-corrected chi connectivity index (χ0v) is 19.1. The number of rotatable bonds is 7. The number of hydrogen-bond donors (Lipinski definition) is 2. The minimum atomic E-state index is -4.57. The van der Waals surface area contributed by atoms with Crippen LogP contribution in [0.15, 0.2) is 24.4 Å². The number of fused-ring (bicyclic) bond motifs is 1. The second-order valence-corrected chi connectivity index (χ2v) is 9.43. The van der Waals surface area contributed by atoms with Gasteiger partial charge in [0.05, 0.1) is 17.4 Å². The monoisotopic (exact) mass is 482 g/mol. The first-order valence-corrected chi connectivity index (χ1v) is 11.7. The molecule has 3 atom stereocenters. The van der Waals surface area contributed by atoms with Gasteiger partial charge < -0.3 is 15.3 Å². The van der Waals surface area contributed by atoms with E-state index in [9.17, 15) is 27.5 Å². The van der Waals surface area contributed by atoms with Crippen molar-refractivity contribution in [3.63, 3.8) is 0 Å². The van der Waals surface area contributed by atoms with Gasteiger partial charge in [-0.25, -0.2) is 4.39 Å². The fourth-order valence-corrected chi connectivity index (χ4v) is 5.05. The number of β-amino-alcohol motifs (C(OH)–C–C–N with tert-alkyl or cyclic N) is 1. The first kappa shape index (κ1) is 24.7. The number of aromatic nitrogens is 2. The summed E-state index contributed by atoms with van der Waals surface area (Å²) in [5.74, 6) is -1.16. The smallest absolute Gasteiger partial charge is 0.392 e. The van der Waals surface area contributed by atoms with Crippen LogP contribution in [0.4, 0.5) is 17.6 Å². The third-order valence-electron chi connectivity index (χ3n) is 6.84. The summed E-state index contributed by atoms with van der Waals surface area (Å²) in [5.41, 5.74) is 1.46. The second-order valence-electron chi connectivity index (χ2n) is 9.43. The number of carbonyl (C=O) groups excluding carboxylic acids is 1. The Morgan fingerprint density at radius 1 is 1.32 bits per heavy atom. The summed E-state index contributed by atoms with van der Waals surface area (Å²) in [5, 5.41) is 17.7. The number of aliphatic hydroxyl groups is 1. The number of carbonyl (C=O) groups is 1. The van der Waals surface area contributed by atoms with Crippen molar-refractivity contribution in [3.8, 4) is 0 Å². The molecule has 2 heterocycles. The molecule has 0 radical (unpaired) electrons. The van der Waals surface area contributed by atoms with Crippen molar-refractivity contribution in [2.75, 3.05) is 26.2 Å². The van der Waals surface area contributed by atoms with Crippen LogP contribution in [0.2, 0.25) is 0 Å². The van der Waals surface area contributed by atoms with Crippen molar-refractivity contribution in [2.45, 2.75) is 50.3 Å². The van der Waals surface area contributed by atoms with Crippen LogP contribution in [0.1, 0.15) is 47.6 Å². The molecule has 4 rings (SSSR count). The van der Waals surface area contributed by atoms with Crippen molar-refractivity contribution < 1.29 is 27.5 Å². The van der Waals surface area contributed by atoms with E-state index in [0.29, 0.717) is 51.5 Å². The molecule has 2 aliphatic rings. The summed E-state index contributed by atoms with van der Waals surface area (Å²) in [4.78, 5) is 14.5. The Balaban J connectivity index is 1.19. The fraction of sp³-hybridized carbons (Fsp3) is 0.583. The van der Waals surface area contributed by atoms with E-state index in [0.717, 1.165) is 30.2 Å². The number of aryl methyl sites for hydroxylation is 2. The van der Waals surface area contributed by atoms with Gasteiger partial charge in [-0.3, -0.25) is 9.48 Å². The van der Waals surface area contributed by atoms with E-state index < -0.39 is 23.7 Å². The number of benzene rings is 1. The molecule has 1 aromatic heterocycles. The third-order valence-corrected chi connectivity index (χ3v) is 6.84. The molecule has 0 bridgehead atoms. The summed E-state index contributed by atoms with van der Waals surface area (Å²) in [6.07, 6.45) is -0.0467. The lowest BCUT2D eigenvalue weighted by Crippen LogP contribution is -2.37. The average Bonchev–Trinajstić information content (AvgIpc) is 3.37. The van der Waals surface area contributed by atoms with E-state index in [1.54, 1.807) is 4.68 Å². The van der Waals surface area contributed by atoms with Gasteiger partial charge in [-0.1, -0.05) is 6.07 Å². The van der Waals surface area contributed by atoms with Crippen LogP contribution >= 0.6 is 0 Å². The normalized spacial score (nSPS) is 21.9. The Hall–Kier alpha value is -2.46. The molecule has 2 aromatic rings. The van der Waals surface area contributed by atoms with Crippen LogP contribution in [0.5, 0.6) is 0 Å². The molecule has 1 aliphatic heterocycles. The minimum Gasteiger partial charge on any atom is -0.392 e. The SMILES string of the molecule is Cn1cc2c(n1)CCC(C(=O)NCC[C@@H](O)CN1CCC(c3ccc(C(F)(F)F)cc3F)C1)C2. The number of hydrogen-bond acceptors (Lipinski definition) is 4. The Morgan fingerprint density at radius 2 is 2.12 bits per heavy atom. The molecule has 1 aliphatic carbocycles. The van der Waals surface area contributed by atoms with E-state index in [1.807, 2.05) is 18.1 Å². The van der Waals surface area contributed by atoms with Gasteiger partial charge in [0, 0.05) is 44.7 Å². The maximum Gasteiger partial charge on any atom is 0.416 e. The Labute approximate surface area is 195 Å². The lowest BCUT2D eigenvalue weighted by atomic mass is 9.87. The summed E-state index contributed by atoms with van der Waals surface area (Å²) < 4.78 is 54.4. The van der Waals surface area contributed by atoms with Crippen LogP contribution in [-0.2, 0) is 30.9 Å². The molecule has 1 fully saturated rings. The lowest BCUT2D eigenvalue weighted by molar-refractivity contribution is -0.137. The molecule has 2 N–H and O–H groups in total. The summed E-state index contributed by atoms with van der Waals surface area (Å²) in [6.45, 7) is 1.84. The zero-order valence-electron chi connectivity index (χ0n) is 19.1. The predicted molar refractivity (Wildman–Crippen MR) is 118 cm³/mol. The summed E-state index contributed by atoms with van der Waals surface area (Å²) in [7, 11) is 1.87. The number of halogens is 4.